The largest absolute Gasteiger partial charge is 0.375 e. The molecule has 16 heavy (non-hydrogen) atoms. The van der Waals surface area contributed by atoms with E-state index >= 15 is 0 Å². The van der Waals surface area contributed by atoms with Gasteiger partial charge in [0.25, 0.3) is 0 Å². The summed E-state index contributed by atoms with van der Waals surface area (Å²) in [4.78, 5) is 1.03. The molecule has 1 heterocycles. The molecule has 5 heteroatoms. The van der Waals surface area contributed by atoms with E-state index in [-0.39, 0.29) is 5.69 Å². The van der Waals surface area contributed by atoms with Crippen molar-refractivity contribution in [3.63, 3.8) is 0 Å². The number of halogens is 3. The monoisotopic (exact) mass is 303 g/mol. The highest BCUT2D eigenvalue weighted by Crippen LogP contribution is 2.24. The lowest BCUT2D eigenvalue weighted by Crippen LogP contribution is -2.02. The summed E-state index contributed by atoms with van der Waals surface area (Å²) in [6.07, 6.45) is 0. The maximum atomic E-state index is 13.4. The molecule has 1 aromatic carbocycles. The van der Waals surface area contributed by atoms with Crippen LogP contribution in [0.2, 0.25) is 0 Å². The van der Waals surface area contributed by atoms with Crippen LogP contribution in [0.25, 0.3) is 0 Å². The maximum Gasteiger partial charge on any atom is 0.150 e. The third-order valence-corrected chi connectivity index (χ3v) is 3.36. The molecule has 0 saturated carbocycles. The van der Waals surface area contributed by atoms with E-state index in [2.05, 4.69) is 21.2 Å². The second kappa shape index (κ2) is 4.93. The Bertz CT molecular complexity index is 462. The molecule has 0 aliphatic heterocycles. The van der Waals surface area contributed by atoms with E-state index < -0.39 is 11.6 Å². The fraction of sp³-hybridized carbons (Fsp3) is 0.0909. The van der Waals surface area contributed by atoms with Gasteiger partial charge in [-0.2, -0.15) is 0 Å². The van der Waals surface area contributed by atoms with Crippen LogP contribution in [0.5, 0.6) is 0 Å². The molecule has 84 valence electrons. The van der Waals surface area contributed by atoms with Crippen molar-refractivity contribution < 1.29 is 8.78 Å². The van der Waals surface area contributed by atoms with Gasteiger partial charge in [0.1, 0.15) is 17.3 Å². The number of anilines is 1. The zero-order valence-electron chi connectivity index (χ0n) is 8.14. The third kappa shape index (κ3) is 2.59. The molecule has 0 saturated heterocycles. The molecule has 0 atom stereocenters. The van der Waals surface area contributed by atoms with Gasteiger partial charge >= 0.3 is 0 Å². The first kappa shape index (κ1) is 11.5. The van der Waals surface area contributed by atoms with Crippen molar-refractivity contribution in [2.24, 2.45) is 0 Å². The topological polar surface area (TPSA) is 12.0 Å². The average molecular weight is 304 g/mol. The van der Waals surface area contributed by atoms with Gasteiger partial charge in [-0.05, 0) is 23.6 Å². The first-order valence-corrected chi connectivity index (χ1v) is 6.25. The predicted octanol–water partition coefficient (Wildman–Crippen LogP) is 4.40. The Morgan fingerprint density at radius 2 is 1.94 bits per heavy atom. The molecular weight excluding hydrogens is 296 g/mol. The van der Waals surface area contributed by atoms with Gasteiger partial charge in [-0.3, -0.25) is 0 Å². The number of hydrogen-bond donors (Lipinski definition) is 1. The van der Waals surface area contributed by atoms with E-state index in [4.69, 9.17) is 0 Å². The molecule has 0 amide bonds. The van der Waals surface area contributed by atoms with Crippen molar-refractivity contribution in [1.82, 2.24) is 0 Å². The van der Waals surface area contributed by atoms with E-state index in [0.29, 0.717) is 11.0 Å². The zero-order valence-corrected chi connectivity index (χ0v) is 10.5. The Labute approximate surface area is 104 Å². The maximum absolute atomic E-state index is 13.4. The summed E-state index contributed by atoms with van der Waals surface area (Å²) in [5.41, 5.74) is -0.0865. The van der Waals surface area contributed by atoms with Gasteiger partial charge in [-0.25, -0.2) is 8.78 Å². The second-order valence-corrected chi connectivity index (χ2v) is 5.13. The van der Waals surface area contributed by atoms with Crippen molar-refractivity contribution >= 4 is 33.0 Å². The molecule has 0 spiro atoms. The highest BCUT2D eigenvalue weighted by atomic mass is 79.9. The standard InChI is InChI=1S/C11H8BrF2NS/c12-7-4-9(13)11(10(14)5-7)15-6-8-2-1-3-16-8/h1-5,15H,6H2. The van der Waals surface area contributed by atoms with Crippen molar-refractivity contribution in [2.75, 3.05) is 5.32 Å². The third-order valence-electron chi connectivity index (χ3n) is 2.03. The summed E-state index contributed by atoms with van der Waals surface area (Å²) in [6, 6.07) is 6.28. The minimum Gasteiger partial charge on any atom is -0.375 e. The summed E-state index contributed by atoms with van der Waals surface area (Å²) in [5.74, 6) is -1.19. The smallest absolute Gasteiger partial charge is 0.150 e. The van der Waals surface area contributed by atoms with Crippen molar-refractivity contribution in [3.05, 3.63) is 50.6 Å². The van der Waals surface area contributed by atoms with Crippen LogP contribution >= 0.6 is 27.3 Å². The van der Waals surface area contributed by atoms with E-state index in [1.54, 1.807) is 11.3 Å². The number of rotatable bonds is 3. The highest BCUT2D eigenvalue weighted by molar-refractivity contribution is 9.10. The van der Waals surface area contributed by atoms with E-state index in [9.17, 15) is 8.78 Å². The van der Waals surface area contributed by atoms with Gasteiger partial charge in [-0.15, -0.1) is 11.3 Å². The fourth-order valence-electron chi connectivity index (χ4n) is 1.30. The minimum absolute atomic E-state index is 0.0865. The lowest BCUT2D eigenvalue weighted by Gasteiger charge is -2.07. The molecule has 0 aliphatic carbocycles. The molecule has 2 rings (SSSR count). The Balaban J connectivity index is 2.15. The number of hydrogen-bond acceptors (Lipinski definition) is 2. The van der Waals surface area contributed by atoms with Crippen molar-refractivity contribution in [3.8, 4) is 0 Å². The van der Waals surface area contributed by atoms with Crippen LogP contribution in [0, 0.1) is 11.6 Å². The molecular formula is C11H8BrF2NS. The molecule has 1 nitrogen and oxygen atoms in total. The second-order valence-electron chi connectivity index (χ2n) is 3.18. The number of thiophene rings is 1. The molecule has 0 bridgehead atoms. The predicted molar refractivity (Wildman–Crippen MR) is 65.7 cm³/mol. The Morgan fingerprint density at radius 1 is 1.25 bits per heavy atom. The zero-order chi connectivity index (χ0) is 11.5. The first-order chi connectivity index (χ1) is 7.66. The molecule has 0 aliphatic rings. The van der Waals surface area contributed by atoms with Gasteiger partial charge in [-0.1, -0.05) is 22.0 Å². The average Bonchev–Trinajstić information content (AvgIpc) is 2.68. The summed E-state index contributed by atoms with van der Waals surface area (Å²) in [5, 5.41) is 4.67. The van der Waals surface area contributed by atoms with Gasteiger partial charge in [0.05, 0.1) is 0 Å². The van der Waals surface area contributed by atoms with Gasteiger partial charge < -0.3 is 5.32 Å². The van der Waals surface area contributed by atoms with Gasteiger partial charge in [0.15, 0.2) is 0 Å². The van der Waals surface area contributed by atoms with Crippen LogP contribution in [0.15, 0.2) is 34.1 Å². The van der Waals surface area contributed by atoms with Crippen LogP contribution in [0.1, 0.15) is 4.88 Å². The van der Waals surface area contributed by atoms with Gasteiger partial charge in [0, 0.05) is 15.9 Å². The van der Waals surface area contributed by atoms with Crippen LogP contribution in [0.4, 0.5) is 14.5 Å². The highest BCUT2D eigenvalue weighted by Gasteiger charge is 2.09. The Hall–Kier alpha value is -0.940. The summed E-state index contributed by atoms with van der Waals surface area (Å²) in [7, 11) is 0. The molecule has 2 aromatic rings. The quantitative estimate of drug-likeness (QED) is 0.886. The molecule has 0 unspecified atom stereocenters. The SMILES string of the molecule is Fc1cc(Br)cc(F)c1NCc1cccs1. The summed E-state index contributed by atoms with van der Waals surface area (Å²) >= 11 is 4.57. The van der Waals surface area contributed by atoms with Crippen molar-refractivity contribution in [1.29, 1.82) is 0 Å². The van der Waals surface area contributed by atoms with E-state index in [0.717, 1.165) is 4.88 Å². The molecule has 0 radical (unpaired) electrons. The fourth-order valence-corrected chi connectivity index (χ4v) is 2.35. The lowest BCUT2D eigenvalue weighted by atomic mass is 10.3. The van der Waals surface area contributed by atoms with E-state index in [1.165, 1.54) is 12.1 Å². The molecule has 1 N–H and O–H groups in total. The molecule has 1 aromatic heterocycles. The van der Waals surface area contributed by atoms with Crippen LogP contribution in [-0.2, 0) is 6.54 Å². The van der Waals surface area contributed by atoms with E-state index in [1.807, 2.05) is 17.5 Å². The Kier molecular flexibility index (Phi) is 3.56. The molecule has 0 fully saturated rings. The number of nitrogens with one attached hydrogen (secondary N) is 1. The first-order valence-electron chi connectivity index (χ1n) is 4.57. The summed E-state index contributed by atoms with van der Waals surface area (Å²) in [6.45, 7) is 0.424. The van der Waals surface area contributed by atoms with Crippen LogP contribution < -0.4 is 5.32 Å². The van der Waals surface area contributed by atoms with Crippen LogP contribution in [0.3, 0.4) is 0 Å². The van der Waals surface area contributed by atoms with Gasteiger partial charge in [0.2, 0.25) is 0 Å². The Morgan fingerprint density at radius 3 is 2.50 bits per heavy atom. The lowest BCUT2D eigenvalue weighted by molar-refractivity contribution is 0.586. The minimum atomic E-state index is -0.594. The number of benzene rings is 1. The van der Waals surface area contributed by atoms with Crippen LogP contribution in [-0.4, -0.2) is 0 Å². The summed E-state index contributed by atoms with van der Waals surface area (Å²) < 4.78 is 27.2. The normalized spacial score (nSPS) is 10.4. The van der Waals surface area contributed by atoms with Crippen molar-refractivity contribution in [2.45, 2.75) is 6.54 Å².